The van der Waals surface area contributed by atoms with Gasteiger partial charge in [0.15, 0.2) is 0 Å². The molecule has 0 bridgehead atoms. The zero-order valence-electron chi connectivity index (χ0n) is 18.1. The maximum atomic E-state index is 13.1. The number of aromatic nitrogens is 2. The fraction of sp³-hybridized carbons (Fsp3) is 0.524. The Morgan fingerprint density at radius 3 is 2.59 bits per heavy atom. The maximum Gasteiger partial charge on any atom is 0.416 e. The van der Waals surface area contributed by atoms with Crippen molar-refractivity contribution in [2.24, 2.45) is 0 Å². The summed E-state index contributed by atoms with van der Waals surface area (Å²) in [6, 6.07) is 3.54. The predicted octanol–water partition coefficient (Wildman–Crippen LogP) is 5.09. The van der Waals surface area contributed by atoms with Crippen LogP contribution >= 0.6 is 23.5 Å². The molecule has 0 amide bonds. The number of alkyl halides is 3. The molecule has 4 N–H and O–H groups in total. The summed E-state index contributed by atoms with van der Waals surface area (Å²) in [5.74, 6) is 0.550. The molecular weight excluding hydrogens is 461 g/mol. The fourth-order valence-electron chi connectivity index (χ4n) is 3.70. The zero-order valence-corrected chi connectivity index (χ0v) is 19.7. The second-order valence-electron chi connectivity index (χ2n) is 7.43. The zero-order chi connectivity index (χ0) is 23.3. The van der Waals surface area contributed by atoms with Crippen LogP contribution in [0.25, 0.3) is 0 Å². The Kier molecular flexibility index (Phi) is 8.49. The highest BCUT2D eigenvalue weighted by Crippen LogP contribution is 2.36. The average molecular weight is 489 g/mol. The highest BCUT2D eigenvalue weighted by atomic mass is 35.5. The molecule has 6 nitrogen and oxygen atoms in total. The summed E-state index contributed by atoms with van der Waals surface area (Å²) in [5.41, 5.74) is 7.16. The highest BCUT2D eigenvalue weighted by molar-refractivity contribution is 7.97. The number of nitrogens with one attached hydrogen (secondary N) is 2. The van der Waals surface area contributed by atoms with Crippen LogP contribution in [0.15, 0.2) is 18.2 Å². The third-order valence-corrected chi connectivity index (χ3v) is 6.61. The van der Waals surface area contributed by atoms with Crippen LogP contribution < -0.4 is 16.4 Å². The molecule has 11 heteroatoms. The Hall–Kier alpha value is -1.75. The SMILES string of the molecule is CC.Nc1cc(CNc2nc(Cl)nc3c2CN(SC2CCNCC2)C3)cc(C(F)(F)F)c1. The molecule has 2 aliphatic heterocycles. The molecule has 1 aromatic heterocycles. The number of nitrogens with zero attached hydrogens (tertiary/aromatic N) is 3. The van der Waals surface area contributed by atoms with Crippen LogP contribution in [-0.2, 0) is 25.8 Å². The summed E-state index contributed by atoms with van der Waals surface area (Å²) < 4.78 is 41.4. The van der Waals surface area contributed by atoms with E-state index in [1.165, 1.54) is 6.07 Å². The van der Waals surface area contributed by atoms with Gasteiger partial charge in [-0.15, -0.1) is 0 Å². The van der Waals surface area contributed by atoms with Crippen LogP contribution in [0, 0.1) is 0 Å². The van der Waals surface area contributed by atoms with Crippen molar-refractivity contribution >= 4 is 35.1 Å². The lowest BCUT2D eigenvalue weighted by molar-refractivity contribution is -0.137. The minimum absolute atomic E-state index is 0.0668. The number of rotatable bonds is 5. The molecule has 1 aromatic carbocycles. The van der Waals surface area contributed by atoms with Crippen LogP contribution in [0.2, 0.25) is 5.28 Å². The Morgan fingerprint density at radius 2 is 1.91 bits per heavy atom. The smallest absolute Gasteiger partial charge is 0.399 e. The topological polar surface area (TPSA) is 79.1 Å². The maximum absolute atomic E-state index is 13.1. The molecule has 2 aromatic rings. The van der Waals surface area contributed by atoms with E-state index in [4.69, 9.17) is 17.3 Å². The lowest BCUT2D eigenvalue weighted by atomic mass is 10.1. The molecule has 176 valence electrons. The summed E-state index contributed by atoms with van der Waals surface area (Å²) in [4.78, 5) is 8.63. The summed E-state index contributed by atoms with van der Waals surface area (Å²) in [7, 11) is 0. The van der Waals surface area contributed by atoms with E-state index in [-0.39, 0.29) is 17.5 Å². The van der Waals surface area contributed by atoms with E-state index in [1.807, 2.05) is 25.8 Å². The second kappa shape index (κ2) is 10.9. The molecule has 0 unspecified atom stereocenters. The van der Waals surface area contributed by atoms with Gasteiger partial charge in [-0.05, 0) is 61.3 Å². The minimum Gasteiger partial charge on any atom is -0.399 e. The Labute approximate surface area is 195 Å². The van der Waals surface area contributed by atoms with Crippen LogP contribution in [0.3, 0.4) is 0 Å². The first-order valence-electron chi connectivity index (χ1n) is 10.7. The van der Waals surface area contributed by atoms with Gasteiger partial charge in [-0.1, -0.05) is 25.8 Å². The normalized spacial score (nSPS) is 16.9. The van der Waals surface area contributed by atoms with Crippen molar-refractivity contribution in [1.29, 1.82) is 0 Å². The molecule has 0 atom stereocenters. The summed E-state index contributed by atoms with van der Waals surface area (Å²) in [5, 5.41) is 7.17. The number of anilines is 2. The van der Waals surface area contributed by atoms with Crippen LogP contribution in [-0.4, -0.2) is 32.6 Å². The lowest BCUT2D eigenvalue weighted by Gasteiger charge is -2.26. The number of hydrogen-bond acceptors (Lipinski definition) is 7. The molecule has 0 radical (unpaired) electrons. The van der Waals surface area contributed by atoms with Gasteiger partial charge in [-0.3, -0.25) is 0 Å². The van der Waals surface area contributed by atoms with Crippen molar-refractivity contribution in [2.75, 3.05) is 24.1 Å². The highest BCUT2D eigenvalue weighted by Gasteiger charge is 2.31. The number of benzene rings is 1. The van der Waals surface area contributed by atoms with E-state index in [9.17, 15) is 13.2 Å². The van der Waals surface area contributed by atoms with Gasteiger partial charge in [0.1, 0.15) is 5.82 Å². The van der Waals surface area contributed by atoms with Gasteiger partial charge in [0.25, 0.3) is 0 Å². The average Bonchev–Trinajstić information content (AvgIpc) is 3.15. The van der Waals surface area contributed by atoms with Crippen molar-refractivity contribution in [3.63, 3.8) is 0 Å². The van der Waals surface area contributed by atoms with Crippen LogP contribution in [0.1, 0.15) is 49.1 Å². The Bertz CT molecular complexity index is 921. The quantitative estimate of drug-likeness (QED) is 0.307. The lowest BCUT2D eigenvalue weighted by Crippen LogP contribution is -2.30. The molecule has 0 spiro atoms. The molecule has 32 heavy (non-hydrogen) atoms. The van der Waals surface area contributed by atoms with E-state index in [0.717, 1.165) is 49.3 Å². The van der Waals surface area contributed by atoms with Crippen molar-refractivity contribution in [2.45, 2.75) is 57.7 Å². The number of fused-ring (bicyclic) bond motifs is 1. The van der Waals surface area contributed by atoms with Gasteiger partial charge < -0.3 is 16.4 Å². The number of nitrogens with two attached hydrogens (primary N) is 1. The van der Waals surface area contributed by atoms with Crippen LogP contribution in [0.4, 0.5) is 24.7 Å². The number of halogens is 4. The molecule has 0 saturated carbocycles. The summed E-state index contributed by atoms with van der Waals surface area (Å²) in [6.45, 7) is 7.52. The minimum atomic E-state index is -4.45. The molecule has 3 heterocycles. The molecule has 2 aliphatic rings. The van der Waals surface area contributed by atoms with Gasteiger partial charge in [-0.25, -0.2) is 14.3 Å². The van der Waals surface area contributed by atoms with Crippen molar-refractivity contribution in [3.8, 4) is 0 Å². The first-order valence-corrected chi connectivity index (χ1v) is 11.9. The molecule has 1 saturated heterocycles. The fourth-order valence-corrected chi connectivity index (χ4v) is 5.15. The Morgan fingerprint density at radius 1 is 1.19 bits per heavy atom. The number of nitrogen functional groups attached to an aromatic ring is 1. The van der Waals surface area contributed by atoms with Gasteiger partial charge in [0.2, 0.25) is 5.28 Å². The third-order valence-electron chi connectivity index (χ3n) is 5.11. The molecule has 4 rings (SSSR count). The second-order valence-corrected chi connectivity index (χ2v) is 9.17. The first-order chi connectivity index (χ1) is 15.3. The van der Waals surface area contributed by atoms with Crippen molar-refractivity contribution in [3.05, 3.63) is 45.9 Å². The molecule has 1 fully saturated rings. The van der Waals surface area contributed by atoms with E-state index in [2.05, 4.69) is 24.9 Å². The monoisotopic (exact) mass is 488 g/mol. The van der Waals surface area contributed by atoms with Crippen LogP contribution in [0.5, 0.6) is 0 Å². The van der Waals surface area contributed by atoms with Gasteiger partial charge in [-0.2, -0.15) is 13.2 Å². The van der Waals surface area contributed by atoms with Gasteiger partial charge in [0, 0.05) is 29.6 Å². The van der Waals surface area contributed by atoms with Crippen molar-refractivity contribution < 1.29 is 13.2 Å². The van der Waals surface area contributed by atoms with E-state index < -0.39 is 11.7 Å². The first kappa shape index (κ1) is 24.9. The summed E-state index contributed by atoms with van der Waals surface area (Å²) in [6.07, 6.45) is -2.21. The summed E-state index contributed by atoms with van der Waals surface area (Å²) >= 11 is 7.93. The van der Waals surface area contributed by atoms with Gasteiger partial charge >= 0.3 is 6.18 Å². The number of piperidine rings is 1. The van der Waals surface area contributed by atoms with Crippen molar-refractivity contribution in [1.82, 2.24) is 19.6 Å². The van der Waals surface area contributed by atoms with E-state index >= 15 is 0 Å². The Balaban J connectivity index is 0.00000141. The largest absolute Gasteiger partial charge is 0.416 e. The van der Waals surface area contributed by atoms with E-state index in [1.54, 1.807) is 0 Å². The molecular formula is C21H28ClF3N6S. The van der Waals surface area contributed by atoms with Gasteiger partial charge in [0.05, 0.1) is 17.8 Å². The molecule has 0 aliphatic carbocycles. The van der Waals surface area contributed by atoms with E-state index in [0.29, 0.717) is 29.7 Å². The predicted molar refractivity (Wildman–Crippen MR) is 124 cm³/mol. The number of hydrogen-bond donors (Lipinski definition) is 3. The third kappa shape index (κ3) is 6.40. The standard InChI is InChI=1S/C19H22ClF3N6S.C2H6/c20-18-27-16-10-29(30-14-1-3-25-4-2-14)9-15(16)17(28-18)26-8-11-5-12(19(21,22)23)7-13(24)6-11;1-2/h5-7,14,25H,1-4,8-10,24H2,(H,26,27,28);1-2H3.